The van der Waals surface area contributed by atoms with E-state index in [4.69, 9.17) is 12.2 Å². The second kappa shape index (κ2) is 4.97. The minimum Gasteiger partial charge on any atom is -0.300 e. The molecule has 18 heavy (non-hydrogen) atoms. The summed E-state index contributed by atoms with van der Waals surface area (Å²) in [6.45, 7) is 2.97. The Hall–Kier alpha value is -0.940. The molecule has 0 radical (unpaired) electrons. The third-order valence-electron chi connectivity index (χ3n) is 3.54. The van der Waals surface area contributed by atoms with Crippen LogP contribution in [-0.2, 0) is 19.4 Å². The van der Waals surface area contributed by atoms with Crippen molar-refractivity contribution in [3.63, 3.8) is 0 Å². The first-order chi connectivity index (χ1) is 8.79. The molecular weight excluding hydrogens is 262 g/mol. The Morgan fingerprint density at radius 3 is 3.06 bits per heavy atom. The molecule has 0 fully saturated rings. The molecule has 0 saturated carbocycles. The molecule has 0 atom stereocenters. The van der Waals surface area contributed by atoms with Gasteiger partial charge in [-0.3, -0.25) is 9.67 Å². The van der Waals surface area contributed by atoms with Gasteiger partial charge in [0.15, 0.2) is 10.6 Å². The number of nitrogens with one attached hydrogen (secondary N) is 1. The quantitative estimate of drug-likeness (QED) is 0.667. The Morgan fingerprint density at radius 1 is 1.39 bits per heavy atom. The van der Waals surface area contributed by atoms with E-state index in [-0.39, 0.29) is 0 Å². The Morgan fingerprint density at radius 2 is 2.22 bits per heavy atom. The molecular formula is C13H17N3S2. The van der Waals surface area contributed by atoms with Crippen LogP contribution in [0.2, 0.25) is 0 Å². The van der Waals surface area contributed by atoms with Crippen molar-refractivity contribution < 1.29 is 0 Å². The summed E-state index contributed by atoms with van der Waals surface area (Å²) >= 11 is 7.15. The first-order valence-corrected chi connectivity index (χ1v) is 7.79. The fraction of sp³-hybridized carbons (Fsp3) is 0.538. The summed E-state index contributed by atoms with van der Waals surface area (Å²) in [6, 6.07) is 2.32. The van der Waals surface area contributed by atoms with Crippen molar-refractivity contribution in [2.75, 3.05) is 0 Å². The number of fused-ring (bicyclic) bond motifs is 1. The lowest BCUT2D eigenvalue weighted by Gasteiger charge is -2.00. The normalized spacial score (nSPS) is 15.4. The van der Waals surface area contributed by atoms with Crippen LogP contribution < -0.4 is 0 Å². The van der Waals surface area contributed by atoms with Crippen LogP contribution in [0.1, 0.15) is 36.6 Å². The highest BCUT2D eigenvalue weighted by Crippen LogP contribution is 2.34. The largest absolute Gasteiger partial charge is 0.300 e. The van der Waals surface area contributed by atoms with Crippen LogP contribution in [0.4, 0.5) is 0 Å². The van der Waals surface area contributed by atoms with Crippen molar-refractivity contribution in [1.29, 1.82) is 0 Å². The molecule has 0 bridgehead atoms. The predicted molar refractivity (Wildman–Crippen MR) is 77.7 cm³/mol. The Kier molecular flexibility index (Phi) is 3.35. The van der Waals surface area contributed by atoms with Gasteiger partial charge in [-0.15, -0.1) is 11.3 Å². The van der Waals surface area contributed by atoms with Crippen molar-refractivity contribution in [3.8, 4) is 10.7 Å². The Labute approximate surface area is 116 Å². The van der Waals surface area contributed by atoms with Crippen molar-refractivity contribution >= 4 is 23.6 Å². The summed E-state index contributed by atoms with van der Waals surface area (Å²) in [6.07, 6.45) is 6.47. The van der Waals surface area contributed by atoms with Gasteiger partial charge in [0.05, 0.1) is 4.88 Å². The van der Waals surface area contributed by atoms with E-state index in [1.54, 1.807) is 4.88 Å². The monoisotopic (exact) mass is 279 g/mol. The lowest BCUT2D eigenvalue weighted by Crippen LogP contribution is -1.96. The molecule has 1 aliphatic carbocycles. The zero-order valence-electron chi connectivity index (χ0n) is 10.5. The molecule has 2 heterocycles. The lowest BCUT2D eigenvalue weighted by molar-refractivity contribution is 0.712. The molecule has 0 aromatic carbocycles. The minimum atomic E-state index is 0.719. The van der Waals surface area contributed by atoms with Gasteiger partial charge in [-0.05, 0) is 56.5 Å². The van der Waals surface area contributed by atoms with Crippen molar-refractivity contribution in [1.82, 2.24) is 14.8 Å². The highest BCUT2D eigenvalue weighted by Gasteiger charge is 2.16. The van der Waals surface area contributed by atoms with E-state index in [1.807, 2.05) is 11.3 Å². The summed E-state index contributed by atoms with van der Waals surface area (Å²) in [5.41, 5.74) is 1.53. The number of H-pyrrole nitrogens is 1. The summed E-state index contributed by atoms with van der Waals surface area (Å²) < 4.78 is 2.79. The van der Waals surface area contributed by atoms with Gasteiger partial charge in [-0.2, -0.15) is 5.10 Å². The zero-order valence-corrected chi connectivity index (χ0v) is 12.2. The molecule has 96 valence electrons. The smallest absolute Gasteiger partial charge is 0.195 e. The van der Waals surface area contributed by atoms with Crippen LogP contribution in [0.5, 0.6) is 0 Å². The molecule has 0 spiro atoms. The SMILES string of the molecule is CCn1c(-c2cc3c(s2)CCCCC3)n[nH]c1=S. The average Bonchev–Trinajstić information content (AvgIpc) is 2.87. The fourth-order valence-corrected chi connectivity index (χ4v) is 4.09. The van der Waals surface area contributed by atoms with Crippen LogP contribution in [0.25, 0.3) is 10.7 Å². The van der Waals surface area contributed by atoms with Gasteiger partial charge in [0.2, 0.25) is 0 Å². The van der Waals surface area contributed by atoms with Crippen LogP contribution in [0.3, 0.4) is 0 Å². The third kappa shape index (κ3) is 2.06. The number of aromatic nitrogens is 3. The first kappa shape index (κ1) is 12.1. The number of thiophene rings is 1. The van der Waals surface area contributed by atoms with Crippen LogP contribution in [0.15, 0.2) is 6.07 Å². The topological polar surface area (TPSA) is 33.6 Å². The third-order valence-corrected chi connectivity index (χ3v) is 5.09. The first-order valence-electron chi connectivity index (χ1n) is 6.56. The van der Waals surface area contributed by atoms with E-state index >= 15 is 0 Å². The highest BCUT2D eigenvalue weighted by molar-refractivity contribution is 7.71. The Balaban J connectivity index is 2.04. The van der Waals surface area contributed by atoms with E-state index in [2.05, 4.69) is 27.8 Å². The van der Waals surface area contributed by atoms with E-state index in [0.29, 0.717) is 0 Å². The summed E-state index contributed by atoms with van der Waals surface area (Å²) in [5.74, 6) is 1.00. The maximum Gasteiger partial charge on any atom is 0.195 e. The van der Waals surface area contributed by atoms with Crippen LogP contribution in [-0.4, -0.2) is 14.8 Å². The number of rotatable bonds is 2. The molecule has 0 amide bonds. The van der Waals surface area contributed by atoms with Crippen molar-refractivity contribution in [2.45, 2.75) is 45.6 Å². The molecule has 0 aliphatic heterocycles. The second-order valence-electron chi connectivity index (χ2n) is 4.72. The molecule has 2 aromatic rings. The maximum absolute atomic E-state index is 5.25. The Bertz CT molecular complexity index is 583. The van der Waals surface area contributed by atoms with E-state index in [9.17, 15) is 0 Å². The molecule has 1 aliphatic rings. The molecule has 3 rings (SSSR count). The van der Waals surface area contributed by atoms with Gasteiger partial charge >= 0.3 is 0 Å². The van der Waals surface area contributed by atoms with Gasteiger partial charge in [-0.1, -0.05) is 6.42 Å². The summed E-state index contributed by atoms with van der Waals surface area (Å²) in [4.78, 5) is 2.81. The number of hydrogen-bond donors (Lipinski definition) is 1. The zero-order chi connectivity index (χ0) is 12.5. The number of hydrogen-bond acceptors (Lipinski definition) is 3. The van der Waals surface area contributed by atoms with E-state index < -0.39 is 0 Å². The summed E-state index contributed by atoms with van der Waals surface area (Å²) in [7, 11) is 0. The van der Waals surface area contributed by atoms with Gasteiger partial charge in [0.1, 0.15) is 0 Å². The average molecular weight is 279 g/mol. The molecule has 2 aromatic heterocycles. The van der Waals surface area contributed by atoms with Gasteiger partial charge in [0.25, 0.3) is 0 Å². The number of aryl methyl sites for hydroxylation is 2. The molecule has 0 saturated heterocycles. The lowest BCUT2D eigenvalue weighted by atomic mass is 10.1. The predicted octanol–water partition coefficient (Wildman–Crippen LogP) is 3.96. The minimum absolute atomic E-state index is 0.719. The van der Waals surface area contributed by atoms with Gasteiger partial charge in [-0.25, -0.2) is 0 Å². The number of aromatic amines is 1. The molecule has 0 unspecified atom stereocenters. The van der Waals surface area contributed by atoms with Crippen molar-refractivity contribution in [3.05, 3.63) is 21.3 Å². The van der Waals surface area contributed by atoms with Crippen LogP contribution in [0, 0.1) is 4.77 Å². The summed E-state index contributed by atoms with van der Waals surface area (Å²) in [5, 5.41) is 7.28. The van der Waals surface area contributed by atoms with Gasteiger partial charge in [0, 0.05) is 11.4 Å². The second-order valence-corrected chi connectivity index (χ2v) is 6.24. The standard InChI is InChI=1S/C13H17N3S2/c1-2-16-12(14-15-13(16)17)11-8-9-6-4-3-5-7-10(9)18-11/h8H,2-7H2,1H3,(H,15,17). The number of nitrogens with zero attached hydrogens (tertiary/aromatic N) is 2. The van der Waals surface area contributed by atoms with Crippen molar-refractivity contribution in [2.24, 2.45) is 0 Å². The van der Waals surface area contributed by atoms with E-state index in [1.165, 1.54) is 42.5 Å². The molecule has 3 nitrogen and oxygen atoms in total. The molecule has 1 N–H and O–H groups in total. The van der Waals surface area contributed by atoms with E-state index in [0.717, 1.165) is 17.1 Å². The fourth-order valence-electron chi connectivity index (χ4n) is 2.58. The maximum atomic E-state index is 5.25. The van der Waals surface area contributed by atoms with Gasteiger partial charge < -0.3 is 0 Å². The molecule has 5 heteroatoms. The van der Waals surface area contributed by atoms with Crippen LogP contribution >= 0.6 is 23.6 Å². The highest BCUT2D eigenvalue weighted by atomic mass is 32.1.